The molecule has 1 unspecified atom stereocenters. The van der Waals surface area contributed by atoms with Crippen molar-refractivity contribution in [3.05, 3.63) is 59.9 Å². The molecule has 0 amide bonds. The average Bonchev–Trinajstić information content (AvgIpc) is 2.66. The number of ether oxygens (including phenoxy) is 1. The second-order valence-electron chi connectivity index (χ2n) is 6.47. The van der Waals surface area contributed by atoms with E-state index in [1.807, 2.05) is 63.2 Å². The van der Waals surface area contributed by atoms with E-state index in [9.17, 15) is 5.11 Å². The van der Waals surface area contributed by atoms with Crippen LogP contribution in [0, 0.1) is 0 Å². The van der Waals surface area contributed by atoms with Crippen LogP contribution in [0.2, 0.25) is 0 Å². The lowest BCUT2D eigenvalue weighted by Gasteiger charge is -2.15. The van der Waals surface area contributed by atoms with E-state index in [2.05, 4.69) is 20.6 Å². The van der Waals surface area contributed by atoms with E-state index in [1.165, 1.54) is 0 Å². The monoisotopic (exact) mass is 370 g/mol. The fourth-order valence-corrected chi connectivity index (χ4v) is 2.55. The van der Waals surface area contributed by atoms with E-state index in [4.69, 9.17) is 4.74 Å². The molecule has 0 spiro atoms. The average molecular weight is 370 g/mol. The van der Waals surface area contributed by atoms with Crippen LogP contribution in [-0.2, 0) is 6.42 Å². The molecule has 1 heterocycles. The van der Waals surface area contributed by atoms with E-state index in [0.717, 1.165) is 36.5 Å². The molecule has 0 radical (unpaired) electrons. The maximum Gasteiger partial charge on any atom is 0.191 e. The molecule has 27 heavy (non-hydrogen) atoms. The van der Waals surface area contributed by atoms with Gasteiger partial charge in [-0.15, -0.1) is 0 Å². The summed E-state index contributed by atoms with van der Waals surface area (Å²) in [4.78, 5) is 8.81. The van der Waals surface area contributed by atoms with Gasteiger partial charge >= 0.3 is 0 Å². The Labute approximate surface area is 161 Å². The predicted octanol–water partition coefficient (Wildman–Crippen LogP) is 2.70. The number of hydrogen-bond acceptors (Lipinski definition) is 4. The van der Waals surface area contributed by atoms with Crippen LogP contribution in [0.5, 0.6) is 5.75 Å². The van der Waals surface area contributed by atoms with Gasteiger partial charge in [0.2, 0.25) is 0 Å². The molecule has 0 bridgehead atoms. The maximum absolute atomic E-state index is 10.5. The van der Waals surface area contributed by atoms with E-state index < -0.39 is 6.10 Å². The summed E-state index contributed by atoms with van der Waals surface area (Å²) in [6.07, 6.45) is 2.01. The number of rotatable bonds is 9. The van der Waals surface area contributed by atoms with Crippen LogP contribution in [0.25, 0.3) is 0 Å². The molecule has 0 aliphatic heterocycles. The van der Waals surface area contributed by atoms with Crippen LogP contribution in [0.3, 0.4) is 0 Å². The first-order valence-electron chi connectivity index (χ1n) is 9.45. The first-order chi connectivity index (χ1) is 13.1. The SMILES string of the molecule is CCNC(=NCC(O)c1cccc(OC(C)C)c1)NCCc1ccccn1. The van der Waals surface area contributed by atoms with Crippen molar-refractivity contribution in [3.8, 4) is 5.75 Å². The van der Waals surface area contributed by atoms with Gasteiger partial charge < -0.3 is 20.5 Å². The third-order valence-electron chi connectivity index (χ3n) is 3.78. The Morgan fingerprint density at radius 3 is 2.74 bits per heavy atom. The Morgan fingerprint density at radius 2 is 2.04 bits per heavy atom. The van der Waals surface area contributed by atoms with E-state index in [-0.39, 0.29) is 12.6 Å². The molecular weight excluding hydrogens is 340 g/mol. The van der Waals surface area contributed by atoms with Crippen LogP contribution in [0.15, 0.2) is 53.7 Å². The molecule has 0 aliphatic rings. The van der Waals surface area contributed by atoms with Gasteiger partial charge in [0.15, 0.2) is 5.96 Å². The summed E-state index contributed by atoms with van der Waals surface area (Å²) in [6.45, 7) is 7.71. The number of nitrogens with one attached hydrogen (secondary N) is 2. The van der Waals surface area contributed by atoms with Gasteiger partial charge in [-0.2, -0.15) is 0 Å². The molecule has 2 rings (SSSR count). The van der Waals surface area contributed by atoms with Crippen LogP contribution in [-0.4, -0.2) is 41.8 Å². The molecule has 0 fully saturated rings. The summed E-state index contributed by atoms with van der Waals surface area (Å²) in [5.41, 5.74) is 1.82. The van der Waals surface area contributed by atoms with Crippen molar-refractivity contribution in [2.24, 2.45) is 4.99 Å². The van der Waals surface area contributed by atoms with E-state index >= 15 is 0 Å². The molecule has 0 aliphatic carbocycles. The van der Waals surface area contributed by atoms with Gasteiger partial charge in [0.05, 0.1) is 18.8 Å². The fourth-order valence-electron chi connectivity index (χ4n) is 2.55. The lowest BCUT2D eigenvalue weighted by Crippen LogP contribution is -2.38. The highest BCUT2D eigenvalue weighted by molar-refractivity contribution is 5.79. The Balaban J connectivity index is 1.90. The lowest BCUT2D eigenvalue weighted by atomic mass is 10.1. The van der Waals surface area contributed by atoms with E-state index in [0.29, 0.717) is 5.96 Å². The lowest BCUT2D eigenvalue weighted by molar-refractivity contribution is 0.185. The van der Waals surface area contributed by atoms with Crippen molar-refractivity contribution in [2.75, 3.05) is 19.6 Å². The molecule has 146 valence electrons. The predicted molar refractivity (Wildman–Crippen MR) is 109 cm³/mol. The van der Waals surface area contributed by atoms with Crippen LogP contribution < -0.4 is 15.4 Å². The summed E-state index contributed by atoms with van der Waals surface area (Å²) in [5.74, 6) is 1.44. The van der Waals surface area contributed by atoms with Gasteiger partial charge in [0.1, 0.15) is 5.75 Å². The zero-order chi connectivity index (χ0) is 19.5. The van der Waals surface area contributed by atoms with Gasteiger partial charge in [-0.25, -0.2) is 0 Å². The van der Waals surface area contributed by atoms with Gasteiger partial charge in [-0.3, -0.25) is 9.98 Å². The first-order valence-corrected chi connectivity index (χ1v) is 9.45. The number of pyridine rings is 1. The van der Waals surface area contributed by atoms with Crippen LogP contribution >= 0.6 is 0 Å². The molecular formula is C21H30N4O2. The second-order valence-corrected chi connectivity index (χ2v) is 6.47. The quantitative estimate of drug-likeness (QED) is 0.467. The summed E-state index contributed by atoms with van der Waals surface area (Å²) in [6, 6.07) is 13.4. The molecule has 1 aromatic heterocycles. The molecule has 3 N–H and O–H groups in total. The van der Waals surface area contributed by atoms with Crippen molar-refractivity contribution < 1.29 is 9.84 Å². The highest BCUT2D eigenvalue weighted by Crippen LogP contribution is 2.20. The van der Waals surface area contributed by atoms with Crippen molar-refractivity contribution in [1.82, 2.24) is 15.6 Å². The molecule has 6 nitrogen and oxygen atoms in total. The third kappa shape index (κ3) is 7.66. The van der Waals surface area contributed by atoms with Crippen LogP contribution in [0.1, 0.15) is 38.1 Å². The fraction of sp³-hybridized carbons (Fsp3) is 0.429. The highest BCUT2D eigenvalue weighted by Gasteiger charge is 2.09. The Bertz CT molecular complexity index is 704. The van der Waals surface area contributed by atoms with Gasteiger partial charge in [-0.1, -0.05) is 18.2 Å². The van der Waals surface area contributed by atoms with Crippen molar-refractivity contribution >= 4 is 5.96 Å². The highest BCUT2D eigenvalue weighted by atomic mass is 16.5. The third-order valence-corrected chi connectivity index (χ3v) is 3.78. The van der Waals surface area contributed by atoms with Gasteiger partial charge in [0, 0.05) is 31.4 Å². The number of aliphatic hydroxyl groups is 1. The molecule has 1 aromatic carbocycles. The number of aromatic nitrogens is 1. The largest absolute Gasteiger partial charge is 0.491 e. The number of aliphatic imine (C=N–C) groups is 1. The number of nitrogens with zero attached hydrogens (tertiary/aromatic N) is 2. The number of benzene rings is 1. The normalized spacial score (nSPS) is 12.7. The molecule has 2 aromatic rings. The summed E-state index contributed by atoms with van der Waals surface area (Å²) < 4.78 is 5.69. The summed E-state index contributed by atoms with van der Waals surface area (Å²) in [5, 5.41) is 16.9. The second kappa shape index (κ2) is 11.2. The molecule has 6 heteroatoms. The Hall–Kier alpha value is -2.60. The zero-order valence-electron chi connectivity index (χ0n) is 16.4. The summed E-state index contributed by atoms with van der Waals surface area (Å²) in [7, 11) is 0. The van der Waals surface area contributed by atoms with Crippen LogP contribution in [0.4, 0.5) is 0 Å². The Kier molecular flexibility index (Phi) is 8.58. The molecule has 0 saturated carbocycles. The minimum Gasteiger partial charge on any atom is -0.491 e. The summed E-state index contributed by atoms with van der Waals surface area (Å²) >= 11 is 0. The zero-order valence-corrected chi connectivity index (χ0v) is 16.4. The number of hydrogen-bond donors (Lipinski definition) is 3. The van der Waals surface area contributed by atoms with Crippen molar-refractivity contribution in [1.29, 1.82) is 0 Å². The number of guanidine groups is 1. The van der Waals surface area contributed by atoms with Gasteiger partial charge in [0.25, 0.3) is 0 Å². The minimum absolute atomic E-state index is 0.0964. The standard InChI is InChI=1S/C21H30N4O2/c1-4-22-21(24-13-11-18-9-5-6-12-23-18)25-15-20(26)17-8-7-10-19(14-17)27-16(2)3/h5-10,12,14,16,20,26H,4,11,13,15H2,1-3H3,(H2,22,24,25). The molecule has 1 atom stereocenters. The number of aliphatic hydroxyl groups excluding tert-OH is 1. The smallest absolute Gasteiger partial charge is 0.191 e. The van der Waals surface area contributed by atoms with Gasteiger partial charge in [-0.05, 0) is 50.6 Å². The van der Waals surface area contributed by atoms with Crippen molar-refractivity contribution in [3.63, 3.8) is 0 Å². The minimum atomic E-state index is -0.688. The first kappa shape index (κ1) is 20.7. The molecule has 0 saturated heterocycles. The maximum atomic E-state index is 10.5. The van der Waals surface area contributed by atoms with Crippen molar-refractivity contribution in [2.45, 2.75) is 39.4 Å². The topological polar surface area (TPSA) is 78.8 Å². The Morgan fingerprint density at radius 1 is 1.19 bits per heavy atom. The van der Waals surface area contributed by atoms with E-state index in [1.54, 1.807) is 6.20 Å².